The number of H-pyrrole nitrogens is 1. The number of hydrogen-bond acceptors (Lipinski definition) is 8. The van der Waals surface area contributed by atoms with Crippen molar-refractivity contribution in [2.75, 3.05) is 6.61 Å². The van der Waals surface area contributed by atoms with Crippen LogP contribution >= 0.6 is 0 Å². The Morgan fingerprint density at radius 2 is 1.60 bits per heavy atom. The number of rotatable bonds is 17. The third kappa shape index (κ3) is 11.2. The van der Waals surface area contributed by atoms with Crippen molar-refractivity contribution in [1.82, 2.24) is 30.9 Å². The number of alkyl carbamates (subject to hydrolysis) is 1. The fourth-order valence-corrected chi connectivity index (χ4v) is 5.42. The van der Waals surface area contributed by atoms with Gasteiger partial charge in [0.2, 0.25) is 11.8 Å². The van der Waals surface area contributed by atoms with Crippen LogP contribution in [0.2, 0.25) is 0 Å². The van der Waals surface area contributed by atoms with Crippen molar-refractivity contribution in [3.63, 3.8) is 0 Å². The molecule has 3 amide bonds. The van der Waals surface area contributed by atoms with E-state index in [0.717, 1.165) is 22.0 Å². The van der Waals surface area contributed by atoms with Crippen LogP contribution in [-0.4, -0.2) is 63.6 Å². The van der Waals surface area contributed by atoms with Crippen molar-refractivity contribution in [1.29, 1.82) is 0 Å². The molecule has 0 bridgehead atoms. The van der Waals surface area contributed by atoms with E-state index in [1.165, 1.54) is 6.33 Å². The summed E-state index contributed by atoms with van der Waals surface area (Å²) in [5, 5.41) is 9.45. The minimum absolute atomic E-state index is 0.0203. The standard InChI is InChI=1S/C36H44N6O6/c1-4-47-33(43)16-15-27(18-24(2)3)40-34(44)32(20-28-21-37-23-39-28)41-35(45)31(42-36(46)48-22-25-10-6-5-7-11-25)19-26-12-8-14-30-29(26)13-9-17-38-30/h5-14,17,21,23-24,27,31-32H,4,15-16,18-20,22H2,1-3H3,(H,37,39)(H,40,44)(H,41,45)(H,42,46)/t27-,31+,32?/m0/s1. The molecule has 12 heteroatoms. The molecule has 4 N–H and O–H groups in total. The first-order valence-corrected chi connectivity index (χ1v) is 16.3. The minimum atomic E-state index is -1.09. The van der Waals surface area contributed by atoms with Crippen LogP contribution in [0.1, 0.15) is 56.9 Å². The molecule has 4 rings (SSSR count). The molecule has 3 atom stereocenters. The number of benzene rings is 2. The molecule has 0 radical (unpaired) electrons. The predicted molar refractivity (Wildman–Crippen MR) is 180 cm³/mol. The van der Waals surface area contributed by atoms with Crippen molar-refractivity contribution >= 4 is 34.8 Å². The van der Waals surface area contributed by atoms with Crippen molar-refractivity contribution in [2.24, 2.45) is 5.92 Å². The molecular formula is C36H44N6O6. The third-order valence-corrected chi connectivity index (χ3v) is 7.69. The lowest BCUT2D eigenvalue weighted by atomic mass is 9.98. The first-order valence-electron chi connectivity index (χ1n) is 16.3. The zero-order chi connectivity index (χ0) is 34.3. The van der Waals surface area contributed by atoms with Gasteiger partial charge >= 0.3 is 12.1 Å². The Morgan fingerprint density at radius 3 is 2.33 bits per heavy atom. The molecule has 0 spiro atoms. The quantitative estimate of drug-likeness (QED) is 0.122. The number of ether oxygens (including phenoxy) is 2. The van der Waals surface area contributed by atoms with Crippen LogP contribution in [0, 0.1) is 5.92 Å². The molecule has 2 aromatic heterocycles. The number of esters is 1. The predicted octanol–water partition coefficient (Wildman–Crippen LogP) is 4.40. The molecule has 48 heavy (non-hydrogen) atoms. The Labute approximate surface area is 280 Å². The second-order valence-electron chi connectivity index (χ2n) is 12.0. The van der Waals surface area contributed by atoms with Crippen LogP contribution in [-0.2, 0) is 43.3 Å². The monoisotopic (exact) mass is 656 g/mol. The lowest BCUT2D eigenvalue weighted by molar-refractivity contribution is -0.143. The van der Waals surface area contributed by atoms with Crippen LogP contribution in [0.15, 0.2) is 79.4 Å². The highest BCUT2D eigenvalue weighted by Gasteiger charge is 2.30. The second kappa shape index (κ2) is 18.2. The highest BCUT2D eigenvalue weighted by Crippen LogP contribution is 2.19. The topological polar surface area (TPSA) is 164 Å². The van der Waals surface area contributed by atoms with Crippen molar-refractivity contribution in [3.8, 4) is 0 Å². The molecule has 2 aromatic carbocycles. The van der Waals surface area contributed by atoms with Gasteiger partial charge in [-0.15, -0.1) is 0 Å². The van der Waals surface area contributed by atoms with Crippen molar-refractivity contribution in [3.05, 3.63) is 96.2 Å². The first kappa shape index (κ1) is 35.6. The molecule has 12 nitrogen and oxygen atoms in total. The second-order valence-corrected chi connectivity index (χ2v) is 12.0. The maximum Gasteiger partial charge on any atom is 0.408 e. The molecule has 0 saturated heterocycles. The van der Waals surface area contributed by atoms with E-state index in [1.54, 1.807) is 19.3 Å². The van der Waals surface area contributed by atoms with Crippen LogP contribution in [0.3, 0.4) is 0 Å². The lowest BCUT2D eigenvalue weighted by Crippen LogP contribution is -2.56. The summed E-state index contributed by atoms with van der Waals surface area (Å²) in [6.45, 7) is 6.11. The average Bonchev–Trinajstić information content (AvgIpc) is 3.59. The molecule has 0 aliphatic carbocycles. The van der Waals surface area contributed by atoms with Crippen LogP contribution in [0.4, 0.5) is 4.79 Å². The van der Waals surface area contributed by atoms with Crippen LogP contribution in [0.25, 0.3) is 10.9 Å². The van der Waals surface area contributed by atoms with Gasteiger partial charge in [0.25, 0.3) is 0 Å². The molecule has 0 aliphatic rings. The van der Waals surface area contributed by atoms with Crippen LogP contribution in [0.5, 0.6) is 0 Å². The summed E-state index contributed by atoms with van der Waals surface area (Å²) in [5.41, 5.74) is 2.89. The number of pyridine rings is 1. The SMILES string of the molecule is CCOC(=O)CC[C@@H](CC(C)C)NC(=O)C(Cc1c[nH]cn1)NC(=O)[C@@H](Cc1cccc2ncccc12)NC(=O)OCc1ccccc1. The summed E-state index contributed by atoms with van der Waals surface area (Å²) in [4.78, 5) is 64.5. The fraction of sp³-hybridized carbons (Fsp3) is 0.389. The molecule has 0 saturated carbocycles. The summed E-state index contributed by atoms with van der Waals surface area (Å²) in [6.07, 6.45) is 5.43. The normalized spacial score (nSPS) is 12.9. The third-order valence-electron chi connectivity index (χ3n) is 7.69. The van der Waals surface area contributed by atoms with E-state index in [9.17, 15) is 19.2 Å². The van der Waals surface area contributed by atoms with Gasteiger partial charge in [0, 0.05) is 43.1 Å². The van der Waals surface area contributed by atoms with Gasteiger partial charge in [-0.1, -0.05) is 62.4 Å². The van der Waals surface area contributed by atoms with Crippen molar-refractivity contribution in [2.45, 2.75) is 77.6 Å². The molecule has 0 aliphatic heterocycles. The van der Waals surface area contributed by atoms with Gasteiger partial charge in [0.15, 0.2) is 0 Å². The van der Waals surface area contributed by atoms with E-state index in [0.29, 0.717) is 18.5 Å². The van der Waals surface area contributed by atoms with E-state index < -0.39 is 30.0 Å². The van der Waals surface area contributed by atoms with Gasteiger partial charge in [-0.3, -0.25) is 19.4 Å². The molecule has 2 heterocycles. The molecule has 4 aromatic rings. The van der Waals surface area contributed by atoms with E-state index in [2.05, 4.69) is 30.9 Å². The number of carbonyl (C=O) groups excluding carboxylic acids is 4. The Hall–Kier alpha value is -5.26. The van der Waals surface area contributed by atoms with Crippen LogP contribution < -0.4 is 16.0 Å². The Bertz CT molecular complexity index is 1620. The number of imidazole rings is 1. The number of nitrogens with one attached hydrogen (secondary N) is 4. The van der Waals surface area contributed by atoms with E-state index in [1.807, 2.05) is 74.5 Å². The van der Waals surface area contributed by atoms with E-state index >= 15 is 0 Å². The first-order chi connectivity index (χ1) is 23.2. The summed E-state index contributed by atoms with van der Waals surface area (Å²) in [7, 11) is 0. The minimum Gasteiger partial charge on any atom is -0.466 e. The number of hydrogen-bond donors (Lipinski definition) is 4. The number of amides is 3. The summed E-state index contributed by atoms with van der Waals surface area (Å²) in [6, 6.07) is 16.0. The number of aromatic nitrogens is 3. The summed E-state index contributed by atoms with van der Waals surface area (Å²) < 4.78 is 10.5. The maximum absolute atomic E-state index is 14.0. The van der Waals surface area contributed by atoms with Gasteiger partial charge in [-0.25, -0.2) is 9.78 Å². The van der Waals surface area contributed by atoms with Gasteiger partial charge in [0.05, 0.1) is 24.1 Å². The highest BCUT2D eigenvalue weighted by atomic mass is 16.5. The fourth-order valence-electron chi connectivity index (χ4n) is 5.42. The smallest absolute Gasteiger partial charge is 0.408 e. The lowest BCUT2D eigenvalue weighted by Gasteiger charge is -2.26. The van der Waals surface area contributed by atoms with Crippen molar-refractivity contribution < 1.29 is 28.7 Å². The van der Waals surface area contributed by atoms with Gasteiger partial charge < -0.3 is 30.4 Å². The Balaban J connectivity index is 1.55. The zero-order valence-corrected chi connectivity index (χ0v) is 27.6. The largest absolute Gasteiger partial charge is 0.466 e. The average molecular weight is 657 g/mol. The number of carbonyl (C=O) groups is 4. The molecular weight excluding hydrogens is 612 g/mol. The summed E-state index contributed by atoms with van der Waals surface area (Å²) >= 11 is 0. The van der Waals surface area contributed by atoms with Gasteiger partial charge in [-0.05, 0) is 48.9 Å². The number of aromatic amines is 1. The Kier molecular flexibility index (Phi) is 13.5. The van der Waals surface area contributed by atoms with Gasteiger partial charge in [-0.2, -0.15) is 0 Å². The van der Waals surface area contributed by atoms with E-state index in [4.69, 9.17) is 9.47 Å². The number of nitrogens with zero attached hydrogens (tertiary/aromatic N) is 2. The van der Waals surface area contributed by atoms with Gasteiger partial charge in [0.1, 0.15) is 18.7 Å². The maximum atomic E-state index is 14.0. The molecule has 0 fully saturated rings. The summed E-state index contributed by atoms with van der Waals surface area (Å²) in [5.74, 6) is -1.10. The number of fused-ring (bicyclic) bond motifs is 1. The highest BCUT2D eigenvalue weighted by molar-refractivity contribution is 5.92. The Morgan fingerprint density at radius 1 is 0.833 bits per heavy atom. The molecule has 1 unspecified atom stereocenters. The van der Waals surface area contributed by atoms with E-state index in [-0.39, 0.29) is 50.4 Å². The molecule has 254 valence electrons. The zero-order valence-electron chi connectivity index (χ0n) is 27.6.